The third kappa shape index (κ3) is 2.89. The van der Waals surface area contributed by atoms with Gasteiger partial charge in [0.05, 0.1) is 5.60 Å². The van der Waals surface area contributed by atoms with Gasteiger partial charge in [-0.1, -0.05) is 20.3 Å². The van der Waals surface area contributed by atoms with Crippen LogP contribution in [0.1, 0.15) is 51.8 Å². The van der Waals surface area contributed by atoms with Crippen molar-refractivity contribution in [1.29, 1.82) is 0 Å². The van der Waals surface area contributed by atoms with Crippen LogP contribution in [-0.4, -0.2) is 20.3 Å². The molecule has 1 N–H and O–H groups in total. The molecule has 17 heavy (non-hydrogen) atoms. The lowest BCUT2D eigenvalue weighted by atomic mass is 9.95. The van der Waals surface area contributed by atoms with Crippen molar-refractivity contribution in [3.05, 3.63) is 18.2 Å². The summed E-state index contributed by atoms with van der Waals surface area (Å²) in [6, 6.07) is 0. The lowest BCUT2D eigenvalue weighted by Gasteiger charge is -2.22. The number of imidazole rings is 1. The van der Waals surface area contributed by atoms with Crippen LogP contribution < -0.4 is 0 Å². The summed E-state index contributed by atoms with van der Waals surface area (Å²) >= 11 is 0. The SMILES string of the molecule is CCCn1ccnc1CC1(O)CCC(CC)C1. The number of aryl methyl sites for hydroxylation is 1. The molecule has 1 aliphatic carbocycles. The first kappa shape index (κ1) is 12.6. The fourth-order valence-corrected chi connectivity index (χ4v) is 2.97. The van der Waals surface area contributed by atoms with Crippen molar-refractivity contribution in [2.24, 2.45) is 5.92 Å². The van der Waals surface area contributed by atoms with Crippen LogP contribution in [0, 0.1) is 5.92 Å². The Morgan fingerprint density at radius 3 is 3.00 bits per heavy atom. The molecule has 3 heteroatoms. The second-order valence-electron chi connectivity index (χ2n) is 5.46. The average Bonchev–Trinajstić information content (AvgIpc) is 2.88. The van der Waals surface area contributed by atoms with Crippen molar-refractivity contribution in [2.45, 2.75) is 64.5 Å². The minimum atomic E-state index is -0.502. The molecule has 2 atom stereocenters. The van der Waals surface area contributed by atoms with Crippen LogP contribution in [0.4, 0.5) is 0 Å². The van der Waals surface area contributed by atoms with E-state index >= 15 is 0 Å². The molecule has 3 nitrogen and oxygen atoms in total. The molecule has 1 fully saturated rings. The van der Waals surface area contributed by atoms with Gasteiger partial charge in [0.25, 0.3) is 0 Å². The quantitative estimate of drug-likeness (QED) is 0.853. The van der Waals surface area contributed by atoms with Gasteiger partial charge in [0.1, 0.15) is 5.82 Å². The first-order chi connectivity index (χ1) is 8.17. The maximum absolute atomic E-state index is 10.6. The molecule has 0 spiro atoms. The van der Waals surface area contributed by atoms with Gasteiger partial charge < -0.3 is 9.67 Å². The summed E-state index contributed by atoms with van der Waals surface area (Å²) < 4.78 is 2.18. The number of rotatable bonds is 5. The van der Waals surface area contributed by atoms with Gasteiger partial charge in [-0.2, -0.15) is 0 Å². The fourth-order valence-electron chi connectivity index (χ4n) is 2.97. The lowest BCUT2D eigenvalue weighted by Crippen LogP contribution is -2.29. The summed E-state index contributed by atoms with van der Waals surface area (Å²) in [7, 11) is 0. The predicted octanol–water partition coefficient (Wildman–Crippen LogP) is 2.78. The highest BCUT2D eigenvalue weighted by Crippen LogP contribution is 2.38. The average molecular weight is 236 g/mol. The highest BCUT2D eigenvalue weighted by atomic mass is 16.3. The zero-order valence-electron chi connectivity index (χ0n) is 11.0. The Balaban J connectivity index is 2.02. The van der Waals surface area contributed by atoms with E-state index in [0.717, 1.165) is 38.1 Å². The van der Waals surface area contributed by atoms with Crippen LogP contribution in [0.2, 0.25) is 0 Å². The summed E-state index contributed by atoms with van der Waals surface area (Å²) in [4.78, 5) is 4.40. The summed E-state index contributed by atoms with van der Waals surface area (Å²) in [5, 5.41) is 10.6. The molecule has 1 aromatic heterocycles. The number of aromatic nitrogens is 2. The van der Waals surface area contributed by atoms with Gasteiger partial charge in [-0.15, -0.1) is 0 Å². The molecule has 0 aromatic carbocycles. The zero-order valence-corrected chi connectivity index (χ0v) is 11.0. The number of hydrogen-bond acceptors (Lipinski definition) is 2. The molecule has 0 bridgehead atoms. The molecule has 96 valence electrons. The van der Waals surface area contributed by atoms with Crippen molar-refractivity contribution in [1.82, 2.24) is 9.55 Å². The predicted molar refractivity (Wildman–Crippen MR) is 68.8 cm³/mol. The van der Waals surface area contributed by atoms with Gasteiger partial charge in [-0.3, -0.25) is 0 Å². The first-order valence-electron chi connectivity index (χ1n) is 6.89. The lowest BCUT2D eigenvalue weighted by molar-refractivity contribution is 0.0408. The normalized spacial score (nSPS) is 28.8. The summed E-state index contributed by atoms with van der Waals surface area (Å²) in [6.45, 7) is 5.39. The Morgan fingerprint density at radius 2 is 2.35 bits per heavy atom. The smallest absolute Gasteiger partial charge is 0.111 e. The van der Waals surface area contributed by atoms with Crippen molar-refractivity contribution in [2.75, 3.05) is 0 Å². The molecule has 0 aliphatic heterocycles. The zero-order chi connectivity index (χ0) is 12.3. The summed E-state index contributed by atoms with van der Waals surface area (Å²) in [5.74, 6) is 1.75. The van der Waals surface area contributed by atoms with E-state index in [4.69, 9.17) is 0 Å². The molecule has 2 unspecified atom stereocenters. The molecule has 0 amide bonds. The van der Waals surface area contributed by atoms with Crippen molar-refractivity contribution >= 4 is 0 Å². The Labute approximate surface area is 104 Å². The Hall–Kier alpha value is -0.830. The molecule has 1 aromatic rings. The molecule has 0 radical (unpaired) electrons. The minimum absolute atomic E-state index is 0.502. The van der Waals surface area contributed by atoms with Crippen LogP contribution in [0.5, 0.6) is 0 Å². The number of aliphatic hydroxyl groups is 1. The van der Waals surface area contributed by atoms with Crippen LogP contribution in [0.25, 0.3) is 0 Å². The number of hydrogen-bond donors (Lipinski definition) is 1. The van der Waals surface area contributed by atoms with E-state index in [1.807, 2.05) is 12.4 Å². The third-order valence-corrected chi connectivity index (χ3v) is 4.02. The van der Waals surface area contributed by atoms with Gasteiger partial charge in [-0.05, 0) is 31.6 Å². The van der Waals surface area contributed by atoms with E-state index < -0.39 is 5.60 Å². The van der Waals surface area contributed by atoms with Gasteiger partial charge >= 0.3 is 0 Å². The van der Waals surface area contributed by atoms with Crippen LogP contribution >= 0.6 is 0 Å². The van der Waals surface area contributed by atoms with Crippen molar-refractivity contribution in [3.8, 4) is 0 Å². The van der Waals surface area contributed by atoms with Gasteiger partial charge in [0, 0.05) is 25.4 Å². The molecular weight excluding hydrogens is 212 g/mol. The molecule has 2 rings (SSSR count). The Morgan fingerprint density at radius 1 is 1.53 bits per heavy atom. The molecule has 1 aliphatic rings. The minimum Gasteiger partial charge on any atom is -0.389 e. The highest BCUT2D eigenvalue weighted by molar-refractivity contribution is 5.01. The van der Waals surface area contributed by atoms with Crippen LogP contribution in [0.3, 0.4) is 0 Å². The van der Waals surface area contributed by atoms with Gasteiger partial charge in [0.2, 0.25) is 0 Å². The summed E-state index contributed by atoms with van der Waals surface area (Å²) in [6.07, 6.45) is 9.94. The topological polar surface area (TPSA) is 38.0 Å². The molecule has 0 saturated heterocycles. The van der Waals surface area contributed by atoms with E-state index in [2.05, 4.69) is 23.4 Å². The van der Waals surface area contributed by atoms with E-state index in [0.29, 0.717) is 5.92 Å². The maximum Gasteiger partial charge on any atom is 0.111 e. The monoisotopic (exact) mass is 236 g/mol. The van der Waals surface area contributed by atoms with E-state index in [-0.39, 0.29) is 0 Å². The molecule has 1 heterocycles. The first-order valence-corrected chi connectivity index (χ1v) is 6.89. The van der Waals surface area contributed by atoms with E-state index in [9.17, 15) is 5.11 Å². The fraction of sp³-hybridized carbons (Fsp3) is 0.786. The summed E-state index contributed by atoms with van der Waals surface area (Å²) in [5.41, 5.74) is -0.502. The van der Waals surface area contributed by atoms with Gasteiger partial charge in [0.15, 0.2) is 0 Å². The second kappa shape index (κ2) is 5.21. The second-order valence-corrected chi connectivity index (χ2v) is 5.46. The van der Waals surface area contributed by atoms with Crippen LogP contribution in [-0.2, 0) is 13.0 Å². The largest absolute Gasteiger partial charge is 0.389 e. The Kier molecular flexibility index (Phi) is 3.87. The van der Waals surface area contributed by atoms with E-state index in [1.165, 1.54) is 12.8 Å². The van der Waals surface area contributed by atoms with Crippen molar-refractivity contribution < 1.29 is 5.11 Å². The van der Waals surface area contributed by atoms with Crippen LogP contribution in [0.15, 0.2) is 12.4 Å². The molecule has 1 saturated carbocycles. The van der Waals surface area contributed by atoms with E-state index in [1.54, 1.807) is 0 Å². The molecular formula is C14H24N2O. The standard InChI is InChI=1S/C14H24N2O/c1-3-8-16-9-7-15-13(16)11-14(17)6-5-12(4-2)10-14/h7,9,12,17H,3-6,8,10-11H2,1-2H3. The third-order valence-electron chi connectivity index (χ3n) is 4.02. The van der Waals surface area contributed by atoms with Gasteiger partial charge in [-0.25, -0.2) is 4.98 Å². The highest BCUT2D eigenvalue weighted by Gasteiger charge is 2.37. The maximum atomic E-state index is 10.6. The Bertz CT molecular complexity index is 361. The number of nitrogens with zero attached hydrogens (tertiary/aromatic N) is 2. The van der Waals surface area contributed by atoms with Crippen molar-refractivity contribution in [3.63, 3.8) is 0 Å².